The van der Waals surface area contributed by atoms with Crippen LogP contribution < -0.4 is 5.32 Å². The number of carbonyl (C=O) groups excluding carboxylic acids is 3. The highest BCUT2D eigenvalue weighted by molar-refractivity contribution is 6.19. The van der Waals surface area contributed by atoms with Crippen LogP contribution in [-0.4, -0.2) is 32.5 Å². The summed E-state index contributed by atoms with van der Waals surface area (Å²) in [5.41, 5.74) is 0.520. The lowest BCUT2D eigenvalue weighted by atomic mass is 9.78. The molecule has 2 rings (SSSR count). The van der Waals surface area contributed by atoms with Crippen molar-refractivity contribution in [2.24, 2.45) is 12.5 Å². The van der Waals surface area contributed by atoms with Gasteiger partial charge in [0.05, 0.1) is 12.7 Å². The summed E-state index contributed by atoms with van der Waals surface area (Å²) >= 11 is 0. The van der Waals surface area contributed by atoms with E-state index in [0.717, 1.165) is 16.2 Å². The van der Waals surface area contributed by atoms with Gasteiger partial charge in [0.2, 0.25) is 11.8 Å². The smallest absolute Gasteiger partial charge is 0.277 e. The monoisotopic (exact) mass is 292 g/mol. The van der Waals surface area contributed by atoms with E-state index in [4.69, 9.17) is 0 Å². The minimum atomic E-state index is -1.15. The Labute approximate surface area is 123 Å². The minimum absolute atomic E-state index is 0.124. The third-order valence-corrected chi connectivity index (χ3v) is 4.43. The summed E-state index contributed by atoms with van der Waals surface area (Å²) in [6.45, 7) is 5.56. The van der Waals surface area contributed by atoms with Gasteiger partial charge in [-0.3, -0.25) is 24.5 Å². The Morgan fingerprint density at radius 2 is 1.86 bits per heavy atom. The van der Waals surface area contributed by atoms with Gasteiger partial charge in [0.15, 0.2) is 0 Å². The molecule has 1 fully saturated rings. The highest BCUT2D eigenvalue weighted by Gasteiger charge is 2.51. The normalized spacial score (nSPS) is 18.1. The van der Waals surface area contributed by atoms with Gasteiger partial charge in [-0.05, 0) is 19.8 Å². The molecule has 2 heterocycles. The number of nitrogens with one attached hydrogen (secondary N) is 1. The van der Waals surface area contributed by atoms with Gasteiger partial charge in [-0.1, -0.05) is 13.8 Å². The molecule has 1 aliphatic heterocycles. The standard InChI is InChI=1S/C14H20N4O3/c1-5-14(6-2)11(19)16-13(21)18(12(14)20)8-10-7-15-17(4)9(10)3/h7H,5-6,8H2,1-4H3,(H,16,19,21). The predicted octanol–water partition coefficient (Wildman–Crippen LogP) is 1.11. The summed E-state index contributed by atoms with van der Waals surface area (Å²) in [6.07, 6.45) is 2.36. The number of barbiturate groups is 1. The van der Waals surface area contributed by atoms with Crippen molar-refractivity contribution in [1.29, 1.82) is 0 Å². The number of urea groups is 1. The van der Waals surface area contributed by atoms with Crippen LogP contribution in [0.4, 0.5) is 4.79 Å². The molecule has 0 atom stereocenters. The Kier molecular flexibility index (Phi) is 3.85. The number of nitrogens with zero attached hydrogens (tertiary/aromatic N) is 3. The van der Waals surface area contributed by atoms with Gasteiger partial charge >= 0.3 is 6.03 Å². The van der Waals surface area contributed by atoms with Crippen molar-refractivity contribution >= 4 is 17.8 Å². The van der Waals surface area contributed by atoms with E-state index < -0.39 is 23.3 Å². The largest absolute Gasteiger partial charge is 0.331 e. The highest BCUT2D eigenvalue weighted by Crippen LogP contribution is 2.33. The summed E-state index contributed by atoms with van der Waals surface area (Å²) in [4.78, 5) is 37.9. The highest BCUT2D eigenvalue weighted by atomic mass is 16.2. The first-order chi connectivity index (χ1) is 9.87. The molecule has 1 saturated heterocycles. The first-order valence-electron chi connectivity index (χ1n) is 7.02. The molecule has 0 unspecified atom stereocenters. The van der Waals surface area contributed by atoms with E-state index in [2.05, 4.69) is 10.4 Å². The second-order valence-corrected chi connectivity index (χ2v) is 5.32. The zero-order chi connectivity index (χ0) is 15.8. The fraction of sp³-hybridized carbons (Fsp3) is 0.571. The molecule has 4 amide bonds. The molecule has 7 nitrogen and oxygen atoms in total. The molecule has 1 aliphatic rings. The van der Waals surface area contributed by atoms with Gasteiger partial charge in [0, 0.05) is 18.3 Å². The van der Waals surface area contributed by atoms with Crippen LogP contribution in [0.15, 0.2) is 6.20 Å². The lowest BCUT2D eigenvalue weighted by Crippen LogP contribution is -2.63. The van der Waals surface area contributed by atoms with E-state index in [-0.39, 0.29) is 6.54 Å². The van der Waals surface area contributed by atoms with Crippen LogP contribution in [0, 0.1) is 12.3 Å². The van der Waals surface area contributed by atoms with Crippen molar-refractivity contribution in [2.45, 2.75) is 40.2 Å². The van der Waals surface area contributed by atoms with Gasteiger partial charge in [0.25, 0.3) is 0 Å². The van der Waals surface area contributed by atoms with E-state index in [1.54, 1.807) is 31.8 Å². The Morgan fingerprint density at radius 3 is 2.33 bits per heavy atom. The van der Waals surface area contributed by atoms with Crippen LogP contribution in [0.5, 0.6) is 0 Å². The van der Waals surface area contributed by atoms with Crippen LogP contribution in [-0.2, 0) is 23.2 Å². The number of hydrogen-bond acceptors (Lipinski definition) is 4. The Morgan fingerprint density at radius 1 is 1.24 bits per heavy atom. The molecular weight excluding hydrogens is 272 g/mol. The summed E-state index contributed by atoms with van der Waals surface area (Å²) in [7, 11) is 1.79. The fourth-order valence-corrected chi connectivity index (χ4v) is 2.62. The lowest BCUT2D eigenvalue weighted by Gasteiger charge is -2.38. The Bertz CT molecular complexity index is 601. The number of aryl methyl sites for hydroxylation is 1. The first-order valence-corrected chi connectivity index (χ1v) is 7.02. The number of rotatable bonds is 4. The van der Waals surface area contributed by atoms with E-state index in [1.807, 2.05) is 6.92 Å². The number of carbonyl (C=O) groups is 3. The molecule has 1 N–H and O–H groups in total. The van der Waals surface area contributed by atoms with Gasteiger partial charge < -0.3 is 0 Å². The quantitative estimate of drug-likeness (QED) is 0.843. The molecule has 0 radical (unpaired) electrons. The molecule has 0 bridgehead atoms. The third kappa shape index (κ3) is 2.22. The lowest BCUT2D eigenvalue weighted by molar-refractivity contribution is -0.152. The average Bonchev–Trinajstić information content (AvgIpc) is 2.76. The van der Waals surface area contributed by atoms with Crippen molar-refractivity contribution in [1.82, 2.24) is 20.0 Å². The number of hydrogen-bond donors (Lipinski definition) is 1. The van der Waals surface area contributed by atoms with Gasteiger partial charge in [-0.25, -0.2) is 4.79 Å². The van der Waals surface area contributed by atoms with Crippen molar-refractivity contribution in [2.75, 3.05) is 0 Å². The summed E-state index contributed by atoms with van der Waals surface area (Å²) in [5, 5.41) is 6.40. The SMILES string of the molecule is CCC1(CC)C(=O)NC(=O)N(Cc2cnn(C)c2C)C1=O. The zero-order valence-electron chi connectivity index (χ0n) is 12.8. The van der Waals surface area contributed by atoms with E-state index in [1.165, 1.54) is 0 Å². The molecule has 1 aromatic rings. The number of amides is 4. The molecule has 7 heteroatoms. The Balaban J connectivity index is 2.34. The van der Waals surface area contributed by atoms with Gasteiger partial charge in [-0.2, -0.15) is 5.10 Å². The predicted molar refractivity (Wildman–Crippen MR) is 75.0 cm³/mol. The third-order valence-electron chi connectivity index (χ3n) is 4.43. The van der Waals surface area contributed by atoms with Gasteiger partial charge in [0.1, 0.15) is 5.41 Å². The molecule has 1 aromatic heterocycles. The van der Waals surface area contributed by atoms with E-state index >= 15 is 0 Å². The second-order valence-electron chi connectivity index (χ2n) is 5.32. The summed E-state index contributed by atoms with van der Waals surface area (Å²) in [5.74, 6) is -0.925. The van der Waals surface area contributed by atoms with Crippen molar-refractivity contribution < 1.29 is 14.4 Å². The fourth-order valence-electron chi connectivity index (χ4n) is 2.62. The van der Waals surface area contributed by atoms with Gasteiger partial charge in [-0.15, -0.1) is 0 Å². The minimum Gasteiger partial charge on any atom is -0.277 e. The topological polar surface area (TPSA) is 84.3 Å². The summed E-state index contributed by atoms with van der Waals surface area (Å²) in [6, 6.07) is -0.661. The molecule has 0 spiro atoms. The molecular formula is C14H20N4O3. The number of aromatic nitrogens is 2. The van der Waals surface area contributed by atoms with Crippen LogP contribution in [0.3, 0.4) is 0 Å². The second kappa shape index (κ2) is 5.31. The molecule has 0 saturated carbocycles. The van der Waals surface area contributed by atoms with Crippen molar-refractivity contribution in [3.63, 3.8) is 0 Å². The Hall–Kier alpha value is -2.18. The maximum Gasteiger partial charge on any atom is 0.331 e. The average molecular weight is 292 g/mol. The maximum atomic E-state index is 12.7. The van der Waals surface area contributed by atoms with Crippen LogP contribution in [0.1, 0.15) is 37.9 Å². The molecule has 0 aromatic carbocycles. The summed E-state index contributed by atoms with van der Waals surface area (Å²) < 4.78 is 1.68. The van der Waals surface area contributed by atoms with Crippen LogP contribution >= 0.6 is 0 Å². The molecule has 0 aliphatic carbocycles. The van der Waals surface area contributed by atoms with Crippen LogP contribution in [0.2, 0.25) is 0 Å². The first kappa shape index (κ1) is 15.2. The number of imide groups is 2. The van der Waals surface area contributed by atoms with E-state index in [9.17, 15) is 14.4 Å². The zero-order valence-corrected chi connectivity index (χ0v) is 12.8. The molecule has 21 heavy (non-hydrogen) atoms. The van der Waals surface area contributed by atoms with Crippen molar-refractivity contribution in [3.05, 3.63) is 17.5 Å². The van der Waals surface area contributed by atoms with Crippen molar-refractivity contribution in [3.8, 4) is 0 Å². The molecule has 114 valence electrons. The van der Waals surface area contributed by atoms with Crippen LogP contribution in [0.25, 0.3) is 0 Å². The van der Waals surface area contributed by atoms with E-state index in [0.29, 0.717) is 12.8 Å². The maximum absolute atomic E-state index is 12.7.